The summed E-state index contributed by atoms with van der Waals surface area (Å²) < 4.78 is 0. The van der Waals surface area contributed by atoms with E-state index in [1.54, 1.807) is 0 Å². The second-order valence-electron chi connectivity index (χ2n) is 5.82. The van der Waals surface area contributed by atoms with E-state index in [9.17, 15) is 5.26 Å². The quantitative estimate of drug-likeness (QED) is 0.859. The van der Waals surface area contributed by atoms with Crippen LogP contribution in [0.3, 0.4) is 0 Å². The third kappa shape index (κ3) is 2.53. The van der Waals surface area contributed by atoms with E-state index >= 15 is 0 Å². The molecule has 1 N–H and O–H groups in total. The monoisotopic (exact) mass is 256 g/mol. The van der Waals surface area contributed by atoms with E-state index in [1.807, 2.05) is 7.05 Å². The average Bonchev–Trinajstić information content (AvgIpc) is 2.42. The zero-order valence-corrected chi connectivity index (χ0v) is 12.2. The number of rotatable bonds is 5. The summed E-state index contributed by atoms with van der Waals surface area (Å²) in [6.07, 6.45) is 4.37. The molecule has 1 saturated carbocycles. The van der Waals surface area contributed by atoms with E-state index in [0.717, 1.165) is 19.3 Å². The van der Waals surface area contributed by atoms with Crippen molar-refractivity contribution in [2.75, 3.05) is 7.05 Å². The molecule has 2 rings (SSSR count). The summed E-state index contributed by atoms with van der Waals surface area (Å²) in [6.45, 7) is 4.47. The molecule has 1 aromatic rings. The van der Waals surface area contributed by atoms with Crippen LogP contribution in [0.25, 0.3) is 0 Å². The average molecular weight is 256 g/mol. The van der Waals surface area contributed by atoms with Gasteiger partial charge in [-0.15, -0.1) is 0 Å². The molecule has 0 bridgehead atoms. The molecule has 2 unspecified atom stereocenters. The SMILES string of the molecule is CCC(C)c1ccc(C(NC)C2(C#N)CCC2)cc1. The van der Waals surface area contributed by atoms with Gasteiger partial charge in [-0.25, -0.2) is 0 Å². The van der Waals surface area contributed by atoms with Gasteiger partial charge in [0, 0.05) is 0 Å². The van der Waals surface area contributed by atoms with E-state index in [2.05, 4.69) is 49.5 Å². The van der Waals surface area contributed by atoms with Crippen molar-refractivity contribution in [1.29, 1.82) is 5.26 Å². The zero-order valence-electron chi connectivity index (χ0n) is 12.2. The Hall–Kier alpha value is -1.33. The van der Waals surface area contributed by atoms with Crippen LogP contribution in [0.15, 0.2) is 24.3 Å². The van der Waals surface area contributed by atoms with Crippen LogP contribution in [0.4, 0.5) is 0 Å². The molecule has 1 aromatic carbocycles. The van der Waals surface area contributed by atoms with Crippen molar-refractivity contribution in [2.45, 2.75) is 51.5 Å². The summed E-state index contributed by atoms with van der Waals surface area (Å²) in [5.74, 6) is 0.607. The molecule has 0 radical (unpaired) electrons. The van der Waals surface area contributed by atoms with Crippen molar-refractivity contribution in [1.82, 2.24) is 5.32 Å². The molecular weight excluding hydrogens is 232 g/mol. The molecule has 2 atom stereocenters. The van der Waals surface area contributed by atoms with Crippen molar-refractivity contribution in [2.24, 2.45) is 5.41 Å². The number of benzene rings is 1. The highest BCUT2D eigenvalue weighted by molar-refractivity contribution is 5.31. The van der Waals surface area contributed by atoms with Crippen molar-refractivity contribution >= 4 is 0 Å². The van der Waals surface area contributed by atoms with Crippen molar-refractivity contribution in [3.05, 3.63) is 35.4 Å². The Morgan fingerprint density at radius 1 is 1.26 bits per heavy atom. The lowest BCUT2D eigenvalue weighted by atomic mass is 9.63. The van der Waals surface area contributed by atoms with Gasteiger partial charge >= 0.3 is 0 Å². The fraction of sp³-hybridized carbons (Fsp3) is 0.588. The lowest BCUT2D eigenvalue weighted by Crippen LogP contribution is -2.40. The third-order valence-electron chi connectivity index (χ3n) is 4.76. The first-order valence-corrected chi connectivity index (χ1v) is 7.35. The van der Waals surface area contributed by atoms with Crippen LogP contribution < -0.4 is 5.32 Å². The molecule has 2 nitrogen and oxygen atoms in total. The maximum absolute atomic E-state index is 9.49. The molecular formula is C17H24N2. The molecule has 0 saturated heterocycles. The Morgan fingerprint density at radius 2 is 1.84 bits per heavy atom. The fourth-order valence-corrected chi connectivity index (χ4v) is 3.04. The minimum atomic E-state index is -0.188. The molecule has 2 heteroatoms. The summed E-state index contributed by atoms with van der Waals surface area (Å²) in [5, 5.41) is 12.8. The standard InChI is InChI=1S/C17H24N2/c1-4-13(2)14-6-8-15(9-7-14)16(19-3)17(12-18)10-5-11-17/h6-9,13,16,19H,4-5,10-11H2,1-3H3. The highest BCUT2D eigenvalue weighted by Crippen LogP contribution is 2.49. The van der Waals surface area contributed by atoms with Gasteiger partial charge in [-0.2, -0.15) is 5.26 Å². The molecule has 0 spiro atoms. The maximum atomic E-state index is 9.49. The molecule has 1 fully saturated rings. The van der Waals surface area contributed by atoms with Crippen LogP contribution in [0.2, 0.25) is 0 Å². The zero-order chi connectivity index (χ0) is 13.9. The van der Waals surface area contributed by atoms with E-state index in [-0.39, 0.29) is 11.5 Å². The summed E-state index contributed by atoms with van der Waals surface area (Å²) in [4.78, 5) is 0. The largest absolute Gasteiger partial charge is 0.312 e. The van der Waals surface area contributed by atoms with Gasteiger partial charge in [0.1, 0.15) is 0 Å². The Bertz CT molecular complexity index is 451. The lowest BCUT2D eigenvalue weighted by molar-refractivity contribution is 0.149. The number of nitrogens with one attached hydrogen (secondary N) is 1. The summed E-state index contributed by atoms with van der Waals surface area (Å²) in [6, 6.07) is 11.5. The normalized spacial score (nSPS) is 20.1. The lowest BCUT2D eigenvalue weighted by Gasteiger charge is -2.42. The minimum absolute atomic E-state index is 0.164. The van der Waals surface area contributed by atoms with Crippen LogP contribution in [0.5, 0.6) is 0 Å². The Balaban J connectivity index is 2.23. The Morgan fingerprint density at radius 3 is 2.21 bits per heavy atom. The van der Waals surface area contributed by atoms with Crippen LogP contribution in [0.1, 0.15) is 62.6 Å². The third-order valence-corrected chi connectivity index (χ3v) is 4.76. The van der Waals surface area contributed by atoms with E-state index in [4.69, 9.17) is 0 Å². The molecule has 0 aliphatic heterocycles. The van der Waals surface area contributed by atoms with Gasteiger partial charge in [-0.3, -0.25) is 0 Å². The van der Waals surface area contributed by atoms with Crippen molar-refractivity contribution < 1.29 is 0 Å². The van der Waals surface area contributed by atoms with Crippen molar-refractivity contribution in [3.8, 4) is 6.07 Å². The van der Waals surface area contributed by atoms with Gasteiger partial charge in [0.15, 0.2) is 0 Å². The Kier molecular flexibility index (Phi) is 4.27. The molecule has 0 amide bonds. The second kappa shape index (κ2) is 5.75. The van der Waals surface area contributed by atoms with Gasteiger partial charge in [-0.05, 0) is 43.4 Å². The van der Waals surface area contributed by atoms with Crippen LogP contribution in [0, 0.1) is 16.7 Å². The summed E-state index contributed by atoms with van der Waals surface area (Å²) >= 11 is 0. The number of nitriles is 1. The van der Waals surface area contributed by atoms with Gasteiger partial charge in [0.25, 0.3) is 0 Å². The molecule has 0 heterocycles. The molecule has 1 aliphatic carbocycles. The molecule has 102 valence electrons. The predicted molar refractivity (Wildman–Crippen MR) is 78.8 cm³/mol. The fourth-order valence-electron chi connectivity index (χ4n) is 3.04. The molecule has 1 aliphatic rings. The van der Waals surface area contributed by atoms with E-state index < -0.39 is 0 Å². The highest BCUT2D eigenvalue weighted by Gasteiger charge is 2.44. The van der Waals surface area contributed by atoms with E-state index in [0.29, 0.717) is 5.92 Å². The molecule has 19 heavy (non-hydrogen) atoms. The van der Waals surface area contributed by atoms with Crippen LogP contribution in [-0.2, 0) is 0 Å². The summed E-state index contributed by atoms with van der Waals surface area (Å²) in [5.41, 5.74) is 2.45. The maximum Gasteiger partial charge on any atom is 0.0768 e. The topological polar surface area (TPSA) is 35.8 Å². The van der Waals surface area contributed by atoms with E-state index in [1.165, 1.54) is 17.5 Å². The van der Waals surface area contributed by atoms with Crippen LogP contribution >= 0.6 is 0 Å². The Labute approximate surface area is 116 Å². The van der Waals surface area contributed by atoms with Gasteiger partial charge in [-0.1, -0.05) is 44.5 Å². The van der Waals surface area contributed by atoms with Gasteiger partial charge in [0.2, 0.25) is 0 Å². The second-order valence-corrected chi connectivity index (χ2v) is 5.82. The minimum Gasteiger partial charge on any atom is -0.312 e. The highest BCUT2D eigenvalue weighted by atomic mass is 14.9. The predicted octanol–water partition coefficient (Wildman–Crippen LogP) is 4.15. The molecule has 0 aromatic heterocycles. The van der Waals surface area contributed by atoms with Crippen molar-refractivity contribution in [3.63, 3.8) is 0 Å². The summed E-state index contributed by atoms with van der Waals surface area (Å²) in [7, 11) is 1.96. The number of hydrogen-bond donors (Lipinski definition) is 1. The van der Waals surface area contributed by atoms with Gasteiger partial charge in [0.05, 0.1) is 17.5 Å². The number of nitrogens with zero attached hydrogens (tertiary/aromatic N) is 1. The van der Waals surface area contributed by atoms with Gasteiger partial charge < -0.3 is 5.32 Å². The first-order chi connectivity index (χ1) is 9.16. The smallest absolute Gasteiger partial charge is 0.0768 e. The van der Waals surface area contributed by atoms with Crippen LogP contribution in [-0.4, -0.2) is 7.05 Å². The first kappa shape index (κ1) is 14.1. The first-order valence-electron chi connectivity index (χ1n) is 7.35. The number of hydrogen-bond acceptors (Lipinski definition) is 2.